The lowest BCUT2D eigenvalue weighted by molar-refractivity contribution is 0.514. The number of furan rings is 2. The molecule has 0 atom stereocenters. The van der Waals surface area contributed by atoms with Crippen LogP contribution in [0.2, 0.25) is 0 Å². The highest BCUT2D eigenvalue weighted by Gasteiger charge is 2.27. The van der Waals surface area contributed by atoms with Crippen molar-refractivity contribution in [3.8, 4) is 24.3 Å². The van der Waals surface area contributed by atoms with Crippen LogP contribution >= 0.6 is 0 Å². The molecule has 0 N–H and O–H groups in total. The fourth-order valence-electron chi connectivity index (χ4n) is 3.09. The van der Waals surface area contributed by atoms with Crippen LogP contribution < -0.4 is 10.8 Å². The van der Waals surface area contributed by atoms with Crippen molar-refractivity contribution in [2.24, 2.45) is 0 Å². The average Bonchev–Trinajstić information content (AvgIpc) is 3.37. The molecule has 4 aromatic rings. The average molecular weight is 406 g/mol. The molecule has 2 aromatic carbocycles. The Bertz CT molecular complexity index is 1700. The Kier molecular flexibility index (Phi) is 3.94. The lowest BCUT2D eigenvalue weighted by Crippen LogP contribution is -1.97. The summed E-state index contributed by atoms with van der Waals surface area (Å²) in [6.45, 7) is 0. The molecule has 0 saturated heterocycles. The summed E-state index contributed by atoms with van der Waals surface area (Å²) in [6.07, 6.45) is 0. The number of fused-ring (bicyclic) bond motifs is 4. The molecule has 10 heteroatoms. The zero-order valence-electron chi connectivity index (χ0n) is 14.3. The highest BCUT2D eigenvalue weighted by Crippen LogP contribution is 2.38. The van der Waals surface area contributed by atoms with Crippen LogP contribution in [-0.4, -0.2) is 0 Å². The van der Waals surface area contributed by atoms with Crippen LogP contribution in [0.3, 0.4) is 0 Å². The third kappa shape index (κ3) is 2.26. The molecule has 0 fully saturated rings. The minimum Gasteiger partial charge on any atom is -0.454 e. The smallest absolute Gasteiger partial charge is 0.178 e. The Morgan fingerprint density at radius 2 is 1.07 bits per heavy atom. The van der Waals surface area contributed by atoms with Gasteiger partial charge in [-0.05, 0) is 12.1 Å². The molecule has 0 aliphatic rings. The predicted octanol–water partition coefficient (Wildman–Crippen LogP) is 3.28. The van der Waals surface area contributed by atoms with E-state index < -0.39 is 78.0 Å². The number of hydrogen-bond donors (Lipinski definition) is 0. The fourth-order valence-corrected chi connectivity index (χ4v) is 3.09. The molecular weight excluding hydrogens is 404 g/mol. The zero-order chi connectivity index (χ0) is 21.7. The van der Waals surface area contributed by atoms with Gasteiger partial charge in [0.05, 0.1) is 21.5 Å². The van der Waals surface area contributed by atoms with Crippen LogP contribution in [0.25, 0.3) is 43.9 Å². The topological polar surface area (TPSA) is 121 Å². The normalized spacial score (nSPS) is 10.5. The summed E-state index contributed by atoms with van der Waals surface area (Å²) in [6, 6.07) is 7.60. The number of nitriles is 4. The minimum absolute atomic E-state index is 0.467. The van der Waals surface area contributed by atoms with Gasteiger partial charge < -0.3 is 8.83 Å². The van der Waals surface area contributed by atoms with Gasteiger partial charge >= 0.3 is 0 Å². The van der Waals surface area contributed by atoms with Gasteiger partial charge in [-0.1, -0.05) is 0 Å². The van der Waals surface area contributed by atoms with Gasteiger partial charge in [0.25, 0.3) is 0 Å². The van der Waals surface area contributed by atoms with Crippen LogP contribution in [0.1, 0.15) is 0 Å². The van der Waals surface area contributed by atoms with Crippen molar-refractivity contribution in [1.82, 2.24) is 0 Å². The molecule has 0 aliphatic carbocycles. The van der Waals surface area contributed by atoms with Crippen LogP contribution in [-0.2, 0) is 0 Å². The maximum atomic E-state index is 15.2. The summed E-state index contributed by atoms with van der Waals surface area (Å²) in [7, 11) is 0. The fraction of sp³-hybridized carbons (Fsp3) is 0. The van der Waals surface area contributed by atoms with Crippen LogP contribution in [0.5, 0.6) is 0 Å². The third-order valence-corrected chi connectivity index (χ3v) is 4.40. The van der Waals surface area contributed by atoms with E-state index in [-0.39, 0.29) is 0 Å². The largest absolute Gasteiger partial charge is 0.454 e. The first-order valence-corrected chi connectivity index (χ1v) is 7.87. The van der Waals surface area contributed by atoms with Crippen LogP contribution in [0.4, 0.5) is 17.6 Å². The third-order valence-electron chi connectivity index (χ3n) is 4.40. The van der Waals surface area contributed by atoms with Crippen molar-refractivity contribution in [2.45, 2.75) is 0 Å². The first-order valence-electron chi connectivity index (χ1n) is 7.87. The molecule has 0 bridgehead atoms. The molecule has 2 aromatic heterocycles. The molecule has 142 valence electrons. The summed E-state index contributed by atoms with van der Waals surface area (Å²) in [4.78, 5) is 0. The molecule has 6 nitrogen and oxygen atoms in total. The first kappa shape index (κ1) is 18.6. The van der Waals surface area contributed by atoms with Crippen molar-refractivity contribution < 1.29 is 26.4 Å². The first-order chi connectivity index (χ1) is 14.4. The van der Waals surface area contributed by atoms with Crippen molar-refractivity contribution in [3.63, 3.8) is 0 Å². The Labute approximate surface area is 162 Å². The van der Waals surface area contributed by atoms with Gasteiger partial charge in [0.1, 0.15) is 35.7 Å². The van der Waals surface area contributed by atoms with Gasteiger partial charge in [-0.25, -0.2) is 17.6 Å². The number of benzene rings is 2. The maximum absolute atomic E-state index is 15.2. The summed E-state index contributed by atoms with van der Waals surface area (Å²) >= 11 is 0. The molecule has 2 heterocycles. The van der Waals surface area contributed by atoms with Gasteiger partial charge in [0.15, 0.2) is 45.0 Å². The Morgan fingerprint density at radius 1 is 0.600 bits per heavy atom. The molecule has 4 rings (SSSR count). The van der Waals surface area contributed by atoms with Crippen molar-refractivity contribution in [1.29, 1.82) is 21.0 Å². The Hall–Kier alpha value is -4.80. The lowest BCUT2D eigenvalue weighted by Gasteiger charge is -2.06. The number of halogens is 4. The van der Waals surface area contributed by atoms with E-state index in [9.17, 15) is 8.78 Å². The SMILES string of the molecule is N#CC(C#N)=c1cc2c(F)c3c(F)c(F)c4cc(=C(C#N)C#N)oc4c3c(F)c2o1. The summed E-state index contributed by atoms with van der Waals surface area (Å²) in [5.74, 6) is -6.06. The van der Waals surface area contributed by atoms with Crippen molar-refractivity contribution >= 4 is 43.9 Å². The molecule has 0 radical (unpaired) electrons. The summed E-state index contributed by atoms with van der Waals surface area (Å²) in [5.41, 5.74) is -3.52. The molecule has 30 heavy (non-hydrogen) atoms. The van der Waals surface area contributed by atoms with Crippen molar-refractivity contribution in [3.05, 3.63) is 46.2 Å². The van der Waals surface area contributed by atoms with E-state index in [4.69, 9.17) is 29.9 Å². The van der Waals surface area contributed by atoms with Crippen LogP contribution in [0.15, 0.2) is 21.0 Å². The quantitative estimate of drug-likeness (QED) is 0.413. The molecule has 0 saturated carbocycles. The highest BCUT2D eigenvalue weighted by molar-refractivity contribution is 6.10. The highest BCUT2D eigenvalue weighted by atomic mass is 19.2. The van der Waals surface area contributed by atoms with E-state index in [1.165, 1.54) is 24.3 Å². The second-order valence-corrected chi connectivity index (χ2v) is 5.91. The standard InChI is InChI=1S/C20H2F4N4O2/c21-15-9-1-12(8(5-27)6-28)30-20(9)18(24)14-13(15)17(23)16(22)10-2-11(29-19(10)14)7(3-25)4-26/h1-2H. The number of nitrogens with zero attached hydrogens (tertiary/aromatic N) is 4. The van der Waals surface area contributed by atoms with Crippen molar-refractivity contribution in [2.75, 3.05) is 0 Å². The van der Waals surface area contributed by atoms with Crippen LogP contribution in [0, 0.1) is 68.6 Å². The van der Waals surface area contributed by atoms with Gasteiger partial charge in [0, 0.05) is 0 Å². The van der Waals surface area contributed by atoms with Gasteiger partial charge in [-0.15, -0.1) is 0 Å². The minimum atomic E-state index is -1.73. The molecule has 0 amide bonds. The summed E-state index contributed by atoms with van der Waals surface area (Å²) < 4.78 is 69.8. The Balaban J connectivity index is 2.37. The van der Waals surface area contributed by atoms with Gasteiger partial charge in [0.2, 0.25) is 0 Å². The Morgan fingerprint density at radius 3 is 1.57 bits per heavy atom. The van der Waals surface area contributed by atoms with E-state index in [1.807, 2.05) is 0 Å². The van der Waals surface area contributed by atoms with Gasteiger partial charge in [-0.3, -0.25) is 0 Å². The molecule has 0 unspecified atom stereocenters. The number of hydrogen-bond acceptors (Lipinski definition) is 6. The second kappa shape index (κ2) is 6.38. The number of rotatable bonds is 0. The van der Waals surface area contributed by atoms with E-state index in [2.05, 4.69) is 0 Å². The zero-order valence-corrected chi connectivity index (χ0v) is 14.3. The monoisotopic (exact) mass is 406 g/mol. The van der Waals surface area contributed by atoms with E-state index in [0.717, 1.165) is 12.1 Å². The summed E-state index contributed by atoms with van der Waals surface area (Å²) in [5, 5.41) is 32.6. The van der Waals surface area contributed by atoms with E-state index >= 15 is 8.78 Å². The maximum Gasteiger partial charge on any atom is 0.178 e. The molecule has 0 aliphatic heterocycles. The van der Waals surface area contributed by atoms with Gasteiger partial charge in [-0.2, -0.15) is 21.0 Å². The van der Waals surface area contributed by atoms with E-state index in [1.54, 1.807) is 0 Å². The second-order valence-electron chi connectivity index (χ2n) is 5.91. The van der Waals surface area contributed by atoms with E-state index in [0.29, 0.717) is 0 Å². The molecule has 0 spiro atoms. The molecular formula is C20H2F4N4O2. The predicted molar refractivity (Wildman–Crippen MR) is 91.8 cm³/mol. The lowest BCUT2D eigenvalue weighted by atomic mass is 10.0.